The molecule has 2 aromatic rings. The number of aryl methyl sites for hydroxylation is 1. The molecule has 0 fully saturated rings. The molecular formula is C15H14N5O+. The van der Waals surface area contributed by atoms with E-state index in [1.54, 1.807) is 24.9 Å². The number of carbonyl (C=O) groups is 1. The summed E-state index contributed by atoms with van der Waals surface area (Å²) in [4.78, 5) is 20.8. The van der Waals surface area contributed by atoms with E-state index in [4.69, 9.17) is 5.73 Å². The smallest absolute Gasteiger partial charge is 0.318 e. The lowest BCUT2D eigenvalue weighted by molar-refractivity contribution is -0.711. The van der Waals surface area contributed by atoms with Crippen LogP contribution in [-0.4, -0.2) is 25.9 Å². The third-order valence-electron chi connectivity index (χ3n) is 4.14. The number of nitrogens with zero attached hydrogens (tertiary/aromatic N) is 4. The van der Waals surface area contributed by atoms with Gasteiger partial charge in [0.25, 0.3) is 5.84 Å². The zero-order valence-corrected chi connectivity index (χ0v) is 11.5. The van der Waals surface area contributed by atoms with Gasteiger partial charge in [0.05, 0.1) is 35.7 Å². The van der Waals surface area contributed by atoms with Gasteiger partial charge in [0, 0.05) is 0 Å². The molecule has 0 radical (unpaired) electrons. The number of amidine groups is 1. The van der Waals surface area contributed by atoms with E-state index >= 15 is 0 Å². The van der Waals surface area contributed by atoms with Crippen molar-refractivity contribution in [3.8, 4) is 5.69 Å². The molecule has 1 aromatic carbocycles. The summed E-state index contributed by atoms with van der Waals surface area (Å²) in [7, 11) is 0. The van der Waals surface area contributed by atoms with Gasteiger partial charge < -0.3 is 5.73 Å². The van der Waals surface area contributed by atoms with E-state index in [9.17, 15) is 4.79 Å². The molecule has 2 amide bonds. The molecule has 4 rings (SSSR count). The predicted molar refractivity (Wildman–Crippen MR) is 77.5 cm³/mol. The zero-order chi connectivity index (χ0) is 14.6. The van der Waals surface area contributed by atoms with Gasteiger partial charge in [-0.1, -0.05) is 12.1 Å². The third-order valence-corrected chi connectivity index (χ3v) is 4.14. The van der Waals surface area contributed by atoms with Crippen molar-refractivity contribution in [2.24, 2.45) is 10.7 Å². The Morgan fingerprint density at radius 2 is 2.29 bits per heavy atom. The largest absolute Gasteiger partial charge is 0.425 e. The van der Waals surface area contributed by atoms with Crippen LogP contribution < -0.4 is 5.73 Å². The van der Waals surface area contributed by atoms with Crippen LogP contribution in [-0.2, 0) is 6.54 Å². The van der Waals surface area contributed by atoms with E-state index in [0.29, 0.717) is 12.4 Å². The van der Waals surface area contributed by atoms with Crippen LogP contribution >= 0.6 is 0 Å². The van der Waals surface area contributed by atoms with Gasteiger partial charge in [0.15, 0.2) is 0 Å². The second-order valence-corrected chi connectivity index (χ2v) is 5.34. The average Bonchev–Trinajstić information content (AvgIpc) is 3.05. The summed E-state index contributed by atoms with van der Waals surface area (Å²) in [5.41, 5.74) is 9.66. The number of hydrogen-bond acceptors (Lipinski definition) is 3. The molecule has 0 bridgehead atoms. The molecule has 1 atom stereocenters. The maximum atomic E-state index is 12.2. The first-order valence-electron chi connectivity index (χ1n) is 6.69. The van der Waals surface area contributed by atoms with Crippen molar-refractivity contribution in [1.82, 2.24) is 9.55 Å². The Hall–Kier alpha value is -2.73. The topological polar surface area (TPSA) is 73.3 Å². The highest BCUT2D eigenvalue weighted by atomic mass is 16.2. The van der Waals surface area contributed by atoms with Crippen molar-refractivity contribution in [3.05, 3.63) is 59.9 Å². The van der Waals surface area contributed by atoms with Crippen molar-refractivity contribution in [2.75, 3.05) is 0 Å². The number of amides is 2. The average molecular weight is 280 g/mol. The number of primary amides is 1. The fourth-order valence-corrected chi connectivity index (χ4v) is 3.11. The lowest BCUT2D eigenvalue weighted by Gasteiger charge is -2.25. The van der Waals surface area contributed by atoms with Crippen LogP contribution in [0.15, 0.2) is 48.1 Å². The molecule has 0 saturated carbocycles. The lowest BCUT2D eigenvalue weighted by Crippen LogP contribution is -2.53. The van der Waals surface area contributed by atoms with Crippen molar-refractivity contribution in [2.45, 2.75) is 13.5 Å². The summed E-state index contributed by atoms with van der Waals surface area (Å²) < 4.78 is 1.92. The summed E-state index contributed by atoms with van der Waals surface area (Å²) in [6, 6.07) is 5.53. The number of fused-ring (bicyclic) bond motifs is 5. The second-order valence-electron chi connectivity index (χ2n) is 5.34. The molecule has 0 saturated heterocycles. The van der Waals surface area contributed by atoms with Gasteiger partial charge in [-0.05, 0) is 18.6 Å². The zero-order valence-electron chi connectivity index (χ0n) is 11.5. The fraction of sp³-hybridized carbons (Fsp3) is 0.133. The van der Waals surface area contributed by atoms with Gasteiger partial charge in [0.1, 0.15) is 12.7 Å². The number of hydrogen-bond donors (Lipinski definition) is 1. The van der Waals surface area contributed by atoms with Crippen LogP contribution in [0.1, 0.15) is 16.8 Å². The van der Waals surface area contributed by atoms with Crippen molar-refractivity contribution >= 4 is 11.9 Å². The van der Waals surface area contributed by atoms with Gasteiger partial charge in [-0.2, -0.15) is 9.48 Å². The second kappa shape index (κ2) is 3.89. The molecule has 2 aliphatic rings. The van der Waals surface area contributed by atoms with Gasteiger partial charge in [-0.25, -0.2) is 9.78 Å². The first-order chi connectivity index (χ1) is 10.1. The molecule has 104 valence electrons. The number of quaternary nitrogens is 1. The highest BCUT2D eigenvalue weighted by Crippen LogP contribution is 2.34. The molecular weight excluding hydrogens is 266 g/mol. The first-order valence-corrected chi connectivity index (χ1v) is 6.69. The Labute approximate surface area is 121 Å². The molecule has 0 spiro atoms. The van der Waals surface area contributed by atoms with Crippen LogP contribution in [0.25, 0.3) is 5.69 Å². The highest BCUT2D eigenvalue weighted by molar-refractivity contribution is 6.04. The van der Waals surface area contributed by atoms with Crippen LogP contribution in [0.3, 0.4) is 0 Å². The Kier molecular flexibility index (Phi) is 2.23. The van der Waals surface area contributed by atoms with Crippen molar-refractivity contribution in [1.29, 1.82) is 0 Å². The van der Waals surface area contributed by atoms with Gasteiger partial charge >= 0.3 is 6.03 Å². The maximum absolute atomic E-state index is 12.2. The molecule has 1 unspecified atom stereocenters. The third kappa shape index (κ3) is 1.42. The summed E-state index contributed by atoms with van der Waals surface area (Å²) in [6.45, 7) is 2.45. The highest BCUT2D eigenvalue weighted by Gasteiger charge is 2.47. The normalized spacial score (nSPS) is 22.0. The molecule has 3 heterocycles. The standard InChI is InChI=1S/C15H13N5O/c1-10-3-2-4-12-13(10)19-9-17-7-11(19)8-20(15(16)21)6-5-18-14(12)20/h2-7,9H,8H2,1H3,(H-,16,21)/p+1. The van der Waals surface area contributed by atoms with Crippen LogP contribution in [0.4, 0.5) is 4.79 Å². The number of imidazole rings is 1. The monoisotopic (exact) mass is 280 g/mol. The van der Waals surface area contributed by atoms with E-state index in [1.807, 2.05) is 29.7 Å². The van der Waals surface area contributed by atoms with E-state index in [2.05, 4.69) is 9.98 Å². The lowest BCUT2D eigenvalue weighted by atomic mass is 10.1. The SMILES string of the molecule is Cc1cccc2c1-n1cncc1C[N+]1(C(N)=O)C=CN=C21. The van der Waals surface area contributed by atoms with Gasteiger partial charge in [0.2, 0.25) is 0 Å². The number of rotatable bonds is 0. The van der Waals surface area contributed by atoms with Crippen molar-refractivity contribution in [3.63, 3.8) is 0 Å². The predicted octanol–water partition coefficient (Wildman–Crippen LogP) is 1.82. The molecule has 6 heteroatoms. The van der Waals surface area contributed by atoms with E-state index in [-0.39, 0.29) is 4.48 Å². The number of urea groups is 1. The van der Waals surface area contributed by atoms with Gasteiger partial charge in [-0.3, -0.25) is 4.57 Å². The number of aromatic nitrogens is 2. The minimum absolute atomic E-state index is 0.0951. The molecule has 21 heavy (non-hydrogen) atoms. The Morgan fingerprint density at radius 1 is 1.43 bits per heavy atom. The summed E-state index contributed by atoms with van der Waals surface area (Å²) in [5, 5.41) is 0. The molecule has 2 N–H and O–H groups in total. The van der Waals surface area contributed by atoms with Crippen LogP contribution in [0.2, 0.25) is 0 Å². The van der Waals surface area contributed by atoms with E-state index in [1.165, 1.54) is 0 Å². The number of aliphatic imine (C=N–C) groups is 1. The summed E-state index contributed by atoms with van der Waals surface area (Å²) in [5.74, 6) is 0.671. The molecule has 0 aliphatic carbocycles. The van der Waals surface area contributed by atoms with Crippen LogP contribution in [0.5, 0.6) is 0 Å². The number of para-hydroxylation sites is 1. The summed E-state index contributed by atoms with van der Waals surface area (Å²) >= 11 is 0. The van der Waals surface area contributed by atoms with Gasteiger partial charge in [-0.15, -0.1) is 0 Å². The molecule has 1 aromatic heterocycles. The number of benzene rings is 1. The number of carbonyl (C=O) groups excluding carboxylic acids is 1. The Balaban J connectivity index is 2.12. The van der Waals surface area contributed by atoms with E-state index in [0.717, 1.165) is 22.5 Å². The number of nitrogens with two attached hydrogens (primary N) is 1. The minimum Gasteiger partial charge on any atom is -0.318 e. The van der Waals surface area contributed by atoms with E-state index < -0.39 is 6.03 Å². The minimum atomic E-state index is -0.440. The summed E-state index contributed by atoms with van der Waals surface area (Å²) in [6.07, 6.45) is 6.93. The maximum Gasteiger partial charge on any atom is 0.425 e. The molecule has 6 nitrogen and oxygen atoms in total. The fourth-order valence-electron chi connectivity index (χ4n) is 3.11. The van der Waals surface area contributed by atoms with Crippen LogP contribution in [0, 0.1) is 6.92 Å². The quantitative estimate of drug-likeness (QED) is 0.747. The Morgan fingerprint density at radius 3 is 3.10 bits per heavy atom. The van der Waals surface area contributed by atoms with Crippen molar-refractivity contribution < 1.29 is 9.28 Å². The first kappa shape index (κ1) is 12.0. The molecule has 2 aliphatic heterocycles. The Bertz CT molecular complexity index is 832.